The number of nitrogens with two attached hydrogens (primary N) is 2. The van der Waals surface area contributed by atoms with Crippen molar-refractivity contribution < 1.29 is 4.79 Å². The van der Waals surface area contributed by atoms with Gasteiger partial charge in [0.2, 0.25) is 5.95 Å². The highest BCUT2D eigenvalue weighted by atomic mass is 32.2. The van der Waals surface area contributed by atoms with E-state index in [0.717, 1.165) is 25.7 Å². The van der Waals surface area contributed by atoms with Crippen molar-refractivity contribution in [3.8, 4) is 0 Å². The maximum Gasteiger partial charge on any atom is 0.224 e. The van der Waals surface area contributed by atoms with Crippen molar-refractivity contribution in [3.05, 3.63) is 0 Å². The Kier molecular flexibility index (Phi) is 3.47. The van der Waals surface area contributed by atoms with E-state index in [1.807, 2.05) is 0 Å². The Morgan fingerprint density at radius 3 is 2.85 bits per heavy atom. The topological polar surface area (TPSA) is 124 Å². The Morgan fingerprint density at radius 1 is 1.15 bits per heavy atom. The fourth-order valence-electron chi connectivity index (χ4n) is 2.36. The number of imidazole rings is 1. The van der Waals surface area contributed by atoms with Gasteiger partial charge in [-0.2, -0.15) is 9.97 Å². The molecule has 2 aromatic rings. The molecule has 2 aromatic heterocycles. The maximum atomic E-state index is 12.0. The fourth-order valence-corrected chi connectivity index (χ4v) is 3.46. The monoisotopic (exact) mass is 292 g/mol. The second kappa shape index (κ2) is 5.28. The van der Waals surface area contributed by atoms with Gasteiger partial charge in [0.25, 0.3) is 0 Å². The number of anilines is 2. The summed E-state index contributed by atoms with van der Waals surface area (Å²) in [6, 6.07) is 0. The van der Waals surface area contributed by atoms with Crippen LogP contribution in [-0.2, 0) is 4.79 Å². The lowest BCUT2D eigenvalue weighted by atomic mass is 10.2. The Morgan fingerprint density at radius 2 is 2.00 bits per heavy atom. The molecule has 7 nitrogen and oxygen atoms in total. The van der Waals surface area contributed by atoms with E-state index in [1.54, 1.807) is 0 Å². The van der Waals surface area contributed by atoms with Gasteiger partial charge in [-0.15, -0.1) is 0 Å². The number of nitrogens with one attached hydrogen (secondary N) is 1. The highest BCUT2D eigenvalue weighted by Gasteiger charge is 2.23. The summed E-state index contributed by atoms with van der Waals surface area (Å²) in [4.78, 5) is 27.4. The molecule has 106 valence electrons. The fraction of sp³-hybridized carbons (Fsp3) is 0.500. The number of carbonyl (C=O) groups is 1. The quantitative estimate of drug-likeness (QED) is 0.717. The summed E-state index contributed by atoms with van der Waals surface area (Å²) >= 11 is 1.45. The number of Topliss-reactive ketones (excluding diaryl/α,β-unsaturated/α-hetero) is 1. The molecule has 0 bridgehead atoms. The number of H-pyrrole nitrogens is 1. The van der Waals surface area contributed by atoms with Crippen LogP contribution < -0.4 is 11.5 Å². The van der Waals surface area contributed by atoms with Crippen LogP contribution in [0.2, 0.25) is 0 Å². The van der Waals surface area contributed by atoms with Crippen LogP contribution in [0.4, 0.5) is 11.8 Å². The molecule has 1 saturated carbocycles. The van der Waals surface area contributed by atoms with Crippen LogP contribution >= 0.6 is 11.8 Å². The second-order valence-corrected chi connectivity index (χ2v) is 6.07. The number of aromatic nitrogens is 4. The van der Waals surface area contributed by atoms with Crippen molar-refractivity contribution in [2.75, 3.05) is 11.5 Å². The molecule has 0 aromatic carbocycles. The van der Waals surface area contributed by atoms with E-state index in [0.29, 0.717) is 28.5 Å². The van der Waals surface area contributed by atoms with Crippen LogP contribution in [0.25, 0.3) is 11.2 Å². The molecule has 0 saturated heterocycles. The van der Waals surface area contributed by atoms with E-state index in [2.05, 4.69) is 19.9 Å². The number of rotatable bonds is 2. The van der Waals surface area contributed by atoms with Crippen LogP contribution in [0.3, 0.4) is 0 Å². The van der Waals surface area contributed by atoms with Crippen LogP contribution in [0, 0.1) is 0 Å². The van der Waals surface area contributed by atoms with Gasteiger partial charge in [0, 0.05) is 6.42 Å². The Balaban J connectivity index is 1.87. The first-order chi connectivity index (χ1) is 9.63. The molecular weight excluding hydrogens is 276 g/mol. The molecule has 3 rings (SSSR count). The molecule has 1 fully saturated rings. The zero-order chi connectivity index (χ0) is 14.1. The molecular formula is C12H16N6OS. The number of thioether (sulfide) groups is 1. The maximum absolute atomic E-state index is 12.0. The first-order valence-electron chi connectivity index (χ1n) is 6.61. The van der Waals surface area contributed by atoms with Crippen LogP contribution in [0.15, 0.2) is 5.16 Å². The molecule has 2 heterocycles. The van der Waals surface area contributed by atoms with Crippen molar-refractivity contribution in [2.24, 2.45) is 0 Å². The van der Waals surface area contributed by atoms with Crippen molar-refractivity contribution in [1.29, 1.82) is 0 Å². The zero-order valence-electron chi connectivity index (χ0n) is 10.9. The van der Waals surface area contributed by atoms with Gasteiger partial charge in [0.1, 0.15) is 11.3 Å². The normalized spacial score (nSPS) is 20.2. The molecule has 5 N–H and O–H groups in total. The summed E-state index contributed by atoms with van der Waals surface area (Å²) in [5.41, 5.74) is 12.3. The summed E-state index contributed by atoms with van der Waals surface area (Å²) in [6.45, 7) is 0. The number of hydrogen-bond donors (Lipinski definition) is 3. The van der Waals surface area contributed by atoms with E-state index in [4.69, 9.17) is 11.5 Å². The summed E-state index contributed by atoms with van der Waals surface area (Å²) in [5, 5.41) is 0.608. The molecule has 1 aliphatic rings. The van der Waals surface area contributed by atoms with Gasteiger partial charge in [0.15, 0.2) is 16.6 Å². The Labute approximate surface area is 119 Å². The van der Waals surface area contributed by atoms with Gasteiger partial charge in [-0.25, -0.2) is 4.98 Å². The molecule has 1 atom stereocenters. The third-order valence-corrected chi connectivity index (χ3v) is 4.58. The Bertz CT molecular complexity index is 655. The molecule has 8 heteroatoms. The highest BCUT2D eigenvalue weighted by molar-refractivity contribution is 8.00. The SMILES string of the molecule is Nc1nc(N)c2[nH]c(SC3CCCCCC3=O)nc2n1. The summed E-state index contributed by atoms with van der Waals surface area (Å²) in [5.74, 6) is 0.675. The smallest absolute Gasteiger partial charge is 0.224 e. The number of hydrogen-bond acceptors (Lipinski definition) is 7. The third-order valence-electron chi connectivity index (χ3n) is 3.38. The minimum Gasteiger partial charge on any atom is -0.382 e. The minimum atomic E-state index is -0.0374. The summed E-state index contributed by atoms with van der Waals surface area (Å²) in [6.07, 6.45) is 4.75. The van der Waals surface area contributed by atoms with E-state index < -0.39 is 0 Å². The average molecular weight is 292 g/mol. The van der Waals surface area contributed by atoms with Gasteiger partial charge in [-0.3, -0.25) is 4.79 Å². The van der Waals surface area contributed by atoms with Crippen molar-refractivity contribution in [2.45, 2.75) is 42.5 Å². The lowest BCUT2D eigenvalue weighted by Gasteiger charge is -2.09. The van der Waals surface area contributed by atoms with E-state index >= 15 is 0 Å². The Hall–Kier alpha value is -1.83. The highest BCUT2D eigenvalue weighted by Crippen LogP contribution is 2.31. The molecule has 0 aliphatic heterocycles. The van der Waals surface area contributed by atoms with Gasteiger partial charge in [0.05, 0.1) is 5.25 Å². The van der Waals surface area contributed by atoms with Gasteiger partial charge < -0.3 is 16.5 Å². The largest absolute Gasteiger partial charge is 0.382 e. The third kappa shape index (κ3) is 2.55. The predicted octanol–water partition coefficient (Wildman–Crippen LogP) is 1.51. The number of fused-ring (bicyclic) bond motifs is 1. The van der Waals surface area contributed by atoms with E-state index in [-0.39, 0.29) is 17.0 Å². The zero-order valence-corrected chi connectivity index (χ0v) is 11.7. The first-order valence-corrected chi connectivity index (χ1v) is 7.49. The lowest BCUT2D eigenvalue weighted by molar-refractivity contribution is -0.118. The number of nitrogens with zero attached hydrogens (tertiary/aromatic N) is 3. The van der Waals surface area contributed by atoms with E-state index in [1.165, 1.54) is 11.8 Å². The number of aromatic amines is 1. The standard InChI is InChI=1S/C12H16N6OS/c13-9-8-10(17-11(14)16-9)18-12(15-8)20-7-5-3-1-2-4-6(7)19/h7H,1-5H2,(H5,13,14,15,16,17,18). The number of carbonyl (C=O) groups excluding carboxylic acids is 1. The summed E-state index contributed by atoms with van der Waals surface area (Å²) in [7, 11) is 0. The van der Waals surface area contributed by atoms with Crippen molar-refractivity contribution >= 4 is 40.5 Å². The van der Waals surface area contributed by atoms with Gasteiger partial charge in [-0.1, -0.05) is 24.6 Å². The predicted molar refractivity (Wildman–Crippen MR) is 78.2 cm³/mol. The van der Waals surface area contributed by atoms with Crippen LogP contribution in [0.5, 0.6) is 0 Å². The second-order valence-electron chi connectivity index (χ2n) is 4.88. The molecule has 0 radical (unpaired) electrons. The molecule has 0 amide bonds. The van der Waals surface area contributed by atoms with Crippen LogP contribution in [0.1, 0.15) is 32.1 Å². The van der Waals surface area contributed by atoms with Crippen molar-refractivity contribution in [3.63, 3.8) is 0 Å². The number of nitrogen functional groups attached to an aromatic ring is 2. The average Bonchev–Trinajstić information content (AvgIpc) is 2.68. The van der Waals surface area contributed by atoms with Crippen LogP contribution in [-0.4, -0.2) is 31.0 Å². The van der Waals surface area contributed by atoms with Gasteiger partial charge >= 0.3 is 0 Å². The minimum absolute atomic E-state index is 0.0374. The van der Waals surface area contributed by atoms with Gasteiger partial charge in [-0.05, 0) is 12.8 Å². The van der Waals surface area contributed by atoms with E-state index in [9.17, 15) is 4.79 Å². The first kappa shape index (κ1) is 13.2. The molecule has 20 heavy (non-hydrogen) atoms. The van der Waals surface area contributed by atoms with Crippen molar-refractivity contribution in [1.82, 2.24) is 19.9 Å². The summed E-state index contributed by atoms with van der Waals surface area (Å²) < 4.78 is 0. The molecule has 1 aliphatic carbocycles. The number of ketones is 1. The molecule has 1 unspecified atom stereocenters. The molecule has 0 spiro atoms. The lowest BCUT2D eigenvalue weighted by Crippen LogP contribution is -2.14.